The smallest absolute Gasteiger partial charge is 0.348 e. The van der Waals surface area contributed by atoms with E-state index in [0.29, 0.717) is 12.2 Å². The van der Waals surface area contributed by atoms with Gasteiger partial charge in [0.1, 0.15) is 0 Å². The maximum Gasteiger partial charge on any atom is 0.419 e. The lowest BCUT2D eigenvalue weighted by Crippen LogP contribution is -2.09. The summed E-state index contributed by atoms with van der Waals surface area (Å²) in [6, 6.07) is 2.02. The van der Waals surface area contributed by atoms with Crippen LogP contribution in [0.25, 0.3) is 5.78 Å². The molecule has 0 aliphatic rings. The zero-order valence-corrected chi connectivity index (χ0v) is 12.0. The molecule has 0 bridgehead atoms. The van der Waals surface area contributed by atoms with Crippen molar-refractivity contribution in [1.82, 2.24) is 18.9 Å². The Bertz CT molecular complexity index is 786. The van der Waals surface area contributed by atoms with Crippen LogP contribution in [0.5, 0.6) is 0 Å². The molecule has 0 N–H and O–H groups in total. The van der Waals surface area contributed by atoms with Gasteiger partial charge in [-0.25, -0.2) is 9.97 Å². The molecule has 0 spiro atoms. The Morgan fingerprint density at radius 1 is 1.14 bits per heavy atom. The zero-order chi connectivity index (χ0) is 15.7. The molecule has 3 rings (SSSR count). The third-order valence-electron chi connectivity index (χ3n) is 3.46. The number of hydrogen-bond acceptors (Lipinski definition) is 2. The molecule has 3 aromatic heterocycles. The maximum atomic E-state index is 12.8. The summed E-state index contributed by atoms with van der Waals surface area (Å²) in [6.07, 6.45) is 4.96. The van der Waals surface area contributed by atoms with Crippen molar-refractivity contribution >= 4 is 5.78 Å². The van der Waals surface area contributed by atoms with Crippen molar-refractivity contribution in [2.24, 2.45) is 0 Å². The van der Waals surface area contributed by atoms with Gasteiger partial charge >= 0.3 is 6.18 Å². The fraction of sp³-hybridized carbons (Fsp3) is 0.333. The number of halogens is 3. The van der Waals surface area contributed by atoms with Crippen LogP contribution in [0.1, 0.15) is 30.2 Å². The Balaban J connectivity index is 1.92. The van der Waals surface area contributed by atoms with Crippen LogP contribution in [0.3, 0.4) is 0 Å². The van der Waals surface area contributed by atoms with Gasteiger partial charge in [-0.15, -0.1) is 0 Å². The second-order valence-electron chi connectivity index (χ2n) is 5.20. The highest BCUT2D eigenvalue weighted by Gasteiger charge is 2.31. The van der Waals surface area contributed by atoms with E-state index in [1.54, 1.807) is 6.20 Å². The Morgan fingerprint density at radius 2 is 1.91 bits per heavy atom. The molecule has 0 saturated heterocycles. The molecule has 3 heterocycles. The number of aromatic nitrogens is 4. The first-order chi connectivity index (χ1) is 10.5. The van der Waals surface area contributed by atoms with Crippen molar-refractivity contribution in [3.05, 3.63) is 53.9 Å². The molecule has 0 unspecified atom stereocenters. The molecule has 0 saturated carbocycles. The third-order valence-corrected chi connectivity index (χ3v) is 3.46. The number of rotatable bonds is 4. The van der Waals surface area contributed by atoms with Gasteiger partial charge in [0.25, 0.3) is 0 Å². The SMILES string of the molecule is CCCc1ccn(Cc2cnc3ncc(C(F)(F)F)cn23)c1. The first kappa shape index (κ1) is 14.6. The molecule has 0 fully saturated rings. The average molecular weight is 308 g/mol. The Morgan fingerprint density at radius 3 is 2.64 bits per heavy atom. The molecule has 0 amide bonds. The molecule has 0 aromatic carbocycles. The first-order valence-corrected chi connectivity index (χ1v) is 7.01. The summed E-state index contributed by atoms with van der Waals surface area (Å²) in [4.78, 5) is 7.82. The number of aryl methyl sites for hydroxylation is 1. The van der Waals surface area contributed by atoms with Gasteiger partial charge in [-0.1, -0.05) is 13.3 Å². The van der Waals surface area contributed by atoms with Gasteiger partial charge in [0, 0.05) is 24.8 Å². The second kappa shape index (κ2) is 5.47. The van der Waals surface area contributed by atoms with Crippen molar-refractivity contribution in [2.75, 3.05) is 0 Å². The van der Waals surface area contributed by atoms with E-state index < -0.39 is 11.7 Å². The summed E-state index contributed by atoms with van der Waals surface area (Å²) in [5.41, 5.74) is 1.09. The molecular weight excluding hydrogens is 293 g/mol. The summed E-state index contributed by atoms with van der Waals surface area (Å²) in [5, 5.41) is 0. The Labute approximate surface area is 125 Å². The fourth-order valence-corrected chi connectivity index (χ4v) is 2.40. The minimum atomic E-state index is -4.41. The summed E-state index contributed by atoms with van der Waals surface area (Å²) in [7, 11) is 0. The van der Waals surface area contributed by atoms with E-state index in [4.69, 9.17) is 0 Å². The van der Waals surface area contributed by atoms with Crippen LogP contribution in [-0.2, 0) is 19.1 Å². The Hall–Kier alpha value is -2.31. The number of fused-ring (bicyclic) bond motifs is 1. The molecule has 0 atom stereocenters. The van der Waals surface area contributed by atoms with Gasteiger partial charge in [0.2, 0.25) is 5.78 Å². The molecular formula is C15H15F3N4. The quantitative estimate of drug-likeness (QED) is 0.739. The van der Waals surface area contributed by atoms with Crippen LogP contribution >= 0.6 is 0 Å². The maximum absolute atomic E-state index is 12.8. The second-order valence-corrected chi connectivity index (χ2v) is 5.20. The molecule has 7 heteroatoms. The molecule has 3 aromatic rings. The van der Waals surface area contributed by atoms with E-state index in [1.165, 1.54) is 9.96 Å². The van der Waals surface area contributed by atoms with E-state index in [-0.39, 0.29) is 5.78 Å². The first-order valence-electron chi connectivity index (χ1n) is 7.01. The molecule has 0 radical (unpaired) electrons. The van der Waals surface area contributed by atoms with Crippen molar-refractivity contribution < 1.29 is 13.2 Å². The standard InChI is InChI=1S/C15H15F3N4/c1-2-3-11-4-5-21(8-11)10-13-7-20-14-19-6-12(9-22(13)14)15(16,17)18/h4-9H,2-3,10H2,1H3. The predicted molar refractivity (Wildman–Crippen MR) is 75.5 cm³/mol. The zero-order valence-electron chi connectivity index (χ0n) is 12.0. The fourth-order valence-electron chi connectivity index (χ4n) is 2.40. The Kier molecular flexibility index (Phi) is 3.64. The van der Waals surface area contributed by atoms with Gasteiger partial charge in [-0.2, -0.15) is 13.2 Å². The van der Waals surface area contributed by atoms with Crippen LogP contribution in [0.4, 0.5) is 13.2 Å². The van der Waals surface area contributed by atoms with E-state index in [0.717, 1.165) is 25.2 Å². The summed E-state index contributed by atoms with van der Waals surface area (Å²) in [6.45, 7) is 2.56. The van der Waals surface area contributed by atoms with Crippen molar-refractivity contribution in [1.29, 1.82) is 0 Å². The van der Waals surface area contributed by atoms with Crippen LogP contribution in [-0.4, -0.2) is 18.9 Å². The normalized spacial score (nSPS) is 12.2. The molecule has 22 heavy (non-hydrogen) atoms. The van der Waals surface area contributed by atoms with Crippen molar-refractivity contribution in [3.63, 3.8) is 0 Å². The molecule has 0 aliphatic carbocycles. The van der Waals surface area contributed by atoms with Gasteiger partial charge in [0.15, 0.2) is 0 Å². The van der Waals surface area contributed by atoms with Crippen LogP contribution in [0.2, 0.25) is 0 Å². The molecule has 116 valence electrons. The van der Waals surface area contributed by atoms with E-state index in [1.807, 2.05) is 23.0 Å². The number of imidazole rings is 1. The highest BCUT2D eigenvalue weighted by Crippen LogP contribution is 2.28. The monoisotopic (exact) mass is 308 g/mol. The average Bonchev–Trinajstić information content (AvgIpc) is 3.06. The third kappa shape index (κ3) is 2.84. The summed E-state index contributed by atoms with van der Waals surface area (Å²) >= 11 is 0. The lowest BCUT2D eigenvalue weighted by atomic mass is 10.2. The van der Waals surface area contributed by atoms with Gasteiger partial charge in [-0.05, 0) is 18.1 Å². The van der Waals surface area contributed by atoms with Gasteiger partial charge < -0.3 is 4.57 Å². The lowest BCUT2D eigenvalue weighted by molar-refractivity contribution is -0.138. The molecule has 0 aliphatic heterocycles. The minimum Gasteiger partial charge on any atom is -0.348 e. The van der Waals surface area contributed by atoms with E-state index in [9.17, 15) is 13.2 Å². The van der Waals surface area contributed by atoms with Crippen LogP contribution < -0.4 is 0 Å². The van der Waals surface area contributed by atoms with Crippen molar-refractivity contribution in [3.8, 4) is 0 Å². The van der Waals surface area contributed by atoms with Gasteiger partial charge in [-0.3, -0.25) is 4.40 Å². The highest BCUT2D eigenvalue weighted by atomic mass is 19.4. The summed E-state index contributed by atoms with van der Waals surface area (Å²) < 4.78 is 41.7. The number of hydrogen-bond donors (Lipinski definition) is 0. The van der Waals surface area contributed by atoms with Crippen LogP contribution in [0.15, 0.2) is 37.1 Å². The predicted octanol–water partition coefficient (Wildman–Crippen LogP) is 3.55. The topological polar surface area (TPSA) is 35.1 Å². The van der Waals surface area contributed by atoms with Gasteiger partial charge in [0.05, 0.1) is 24.0 Å². The molecule has 4 nitrogen and oxygen atoms in total. The van der Waals surface area contributed by atoms with Crippen molar-refractivity contribution in [2.45, 2.75) is 32.5 Å². The number of nitrogens with zero attached hydrogens (tertiary/aromatic N) is 4. The lowest BCUT2D eigenvalue weighted by Gasteiger charge is -2.08. The highest BCUT2D eigenvalue weighted by molar-refractivity contribution is 5.33. The van der Waals surface area contributed by atoms with E-state index >= 15 is 0 Å². The largest absolute Gasteiger partial charge is 0.419 e. The number of alkyl halides is 3. The minimum absolute atomic E-state index is 0.268. The van der Waals surface area contributed by atoms with E-state index in [2.05, 4.69) is 16.9 Å². The summed E-state index contributed by atoms with van der Waals surface area (Å²) in [5.74, 6) is 0.268. The van der Waals surface area contributed by atoms with Crippen LogP contribution in [0, 0.1) is 0 Å².